The van der Waals surface area contributed by atoms with Crippen LogP contribution in [0, 0.1) is 0 Å². The van der Waals surface area contributed by atoms with E-state index >= 15 is 0 Å². The molecule has 0 aliphatic heterocycles. The van der Waals surface area contributed by atoms with Crippen LogP contribution in [0.2, 0.25) is 0 Å². The summed E-state index contributed by atoms with van der Waals surface area (Å²) in [5.41, 5.74) is 4.11. The van der Waals surface area contributed by atoms with Gasteiger partial charge in [-0.1, -0.05) is 15.9 Å². The molecule has 0 spiro atoms. The molecule has 1 aliphatic carbocycles. The summed E-state index contributed by atoms with van der Waals surface area (Å²) in [7, 11) is 0. The molecular formula is C22H24BrN3O5S. The summed E-state index contributed by atoms with van der Waals surface area (Å²) >= 11 is 4.70. The summed E-state index contributed by atoms with van der Waals surface area (Å²) in [6.45, 7) is 4.29. The number of nitrogens with zero attached hydrogens (tertiary/aromatic N) is 1. The summed E-state index contributed by atoms with van der Waals surface area (Å²) < 4.78 is 11.5. The second kappa shape index (κ2) is 11.2. The summed E-state index contributed by atoms with van der Waals surface area (Å²) in [6, 6.07) is 5.39. The van der Waals surface area contributed by atoms with E-state index in [0.29, 0.717) is 28.5 Å². The standard InChI is InChI=1S/C22H24BrN3O5S/c1-3-30-16-10-9-14(23)11-13(16)12-24-26-20(28)19(27)25-21-18(22(29)31-4-2)15-7-5-6-8-17(15)32-21/h9-12H,3-8H2,1-2H3,(H,25,27)(H,26,28)/b24-12+. The predicted octanol–water partition coefficient (Wildman–Crippen LogP) is 4.05. The first kappa shape index (κ1) is 23.9. The first-order valence-corrected chi connectivity index (χ1v) is 11.9. The molecule has 0 unspecified atom stereocenters. The number of hydrazone groups is 1. The average molecular weight is 522 g/mol. The number of fused-ring (bicyclic) bond motifs is 1. The van der Waals surface area contributed by atoms with Gasteiger partial charge in [0, 0.05) is 14.9 Å². The minimum Gasteiger partial charge on any atom is -0.493 e. The molecule has 1 aromatic carbocycles. The molecular weight excluding hydrogens is 498 g/mol. The van der Waals surface area contributed by atoms with Gasteiger partial charge < -0.3 is 14.8 Å². The van der Waals surface area contributed by atoms with Crippen LogP contribution in [0.3, 0.4) is 0 Å². The number of nitrogens with one attached hydrogen (secondary N) is 2. The van der Waals surface area contributed by atoms with E-state index in [2.05, 4.69) is 31.8 Å². The molecule has 0 radical (unpaired) electrons. The number of hydrogen-bond donors (Lipinski definition) is 2. The number of rotatable bonds is 7. The highest BCUT2D eigenvalue weighted by molar-refractivity contribution is 9.10. The normalized spacial score (nSPS) is 12.8. The van der Waals surface area contributed by atoms with Crippen molar-refractivity contribution in [2.24, 2.45) is 5.10 Å². The SMILES string of the molecule is CCOC(=O)c1c(NC(=O)C(=O)N/N=C/c2cc(Br)ccc2OCC)sc2c1CCCC2. The Labute approximate surface area is 198 Å². The van der Waals surface area contributed by atoms with E-state index < -0.39 is 17.8 Å². The van der Waals surface area contributed by atoms with Crippen LogP contribution in [-0.2, 0) is 27.2 Å². The molecule has 3 rings (SSSR count). The van der Waals surface area contributed by atoms with Gasteiger partial charge in [0.15, 0.2) is 0 Å². The van der Waals surface area contributed by atoms with Crippen molar-refractivity contribution in [1.29, 1.82) is 0 Å². The van der Waals surface area contributed by atoms with Gasteiger partial charge in [-0.15, -0.1) is 11.3 Å². The highest BCUT2D eigenvalue weighted by atomic mass is 79.9. The maximum atomic E-state index is 12.5. The molecule has 2 amide bonds. The number of aryl methyl sites for hydroxylation is 1. The first-order valence-electron chi connectivity index (χ1n) is 10.3. The fourth-order valence-corrected chi connectivity index (χ4v) is 5.00. The van der Waals surface area contributed by atoms with Crippen LogP contribution < -0.4 is 15.5 Å². The monoisotopic (exact) mass is 521 g/mol. The lowest BCUT2D eigenvalue weighted by atomic mass is 9.95. The minimum atomic E-state index is -0.949. The van der Waals surface area contributed by atoms with Gasteiger partial charge in [-0.2, -0.15) is 5.10 Å². The first-order chi connectivity index (χ1) is 15.4. The van der Waals surface area contributed by atoms with E-state index in [0.717, 1.165) is 40.6 Å². The predicted molar refractivity (Wildman–Crippen MR) is 127 cm³/mol. The van der Waals surface area contributed by atoms with E-state index in [1.165, 1.54) is 17.6 Å². The van der Waals surface area contributed by atoms with Gasteiger partial charge in [0.2, 0.25) is 0 Å². The van der Waals surface area contributed by atoms with Gasteiger partial charge in [-0.3, -0.25) is 9.59 Å². The molecule has 10 heteroatoms. The number of anilines is 1. The lowest BCUT2D eigenvalue weighted by molar-refractivity contribution is -0.136. The molecule has 2 N–H and O–H groups in total. The Morgan fingerprint density at radius 1 is 1.16 bits per heavy atom. The molecule has 0 saturated heterocycles. The van der Waals surface area contributed by atoms with Crippen molar-refractivity contribution in [1.82, 2.24) is 5.43 Å². The third-order valence-corrected chi connectivity index (χ3v) is 6.43. The summed E-state index contributed by atoms with van der Waals surface area (Å²) in [5.74, 6) is -1.75. The van der Waals surface area contributed by atoms with Crippen molar-refractivity contribution < 1.29 is 23.9 Å². The van der Waals surface area contributed by atoms with Crippen molar-refractivity contribution in [3.8, 4) is 5.75 Å². The molecule has 8 nitrogen and oxygen atoms in total. The van der Waals surface area contributed by atoms with Gasteiger partial charge in [0.1, 0.15) is 10.8 Å². The molecule has 0 bridgehead atoms. The van der Waals surface area contributed by atoms with Crippen molar-refractivity contribution in [2.75, 3.05) is 18.5 Å². The van der Waals surface area contributed by atoms with E-state index in [4.69, 9.17) is 9.47 Å². The maximum Gasteiger partial charge on any atom is 0.341 e. The number of amides is 2. The third kappa shape index (κ3) is 5.74. The zero-order valence-electron chi connectivity index (χ0n) is 17.8. The van der Waals surface area contributed by atoms with Crippen molar-refractivity contribution >= 4 is 56.3 Å². The third-order valence-electron chi connectivity index (χ3n) is 4.73. The second-order valence-corrected chi connectivity index (χ2v) is 8.92. The van der Waals surface area contributed by atoms with Crippen LogP contribution in [0.25, 0.3) is 0 Å². The minimum absolute atomic E-state index is 0.228. The highest BCUT2D eigenvalue weighted by Crippen LogP contribution is 2.38. The topological polar surface area (TPSA) is 106 Å². The Morgan fingerprint density at radius 2 is 1.94 bits per heavy atom. The smallest absolute Gasteiger partial charge is 0.341 e. The number of hydrogen-bond acceptors (Lipinski definition) is 7. The summed E-state index contributed by atoms with van der Waals surface area (Å²) in [5, 5.41) is 6.76. The number of carbonyl (C=O) groups excluding carboxylic acids is 3. The highest BCUT2D eigenvalue weighted by Gasteiger charge is 2.28. The quantitative estimate of drug-likeness (QED) is 0.247. The summed E-state index contributed by atoms with van der Waals surface area (Å²) in [6.07, 6.45) is 4.99. The number of halogens is 1. The Balaban J connectivity index is 1.71. The Hall–Kier alpha value is -2.72. The zero-order valence-corrected chi connectivity index (χ0v) is 20.2. The van der Waals surface area contributed by atoms with E-state index in [1.54, 1.807) is 19.1 Å². The van der Waals surface area contributed by atoms with Crippen molar-refractivity contribution in [2.45, 2.75) is 39.5 Å². The van der Waals surface area contributed by atoms with Crippen LogP contribution in [0.4, 0.5) is 5.00 Å². The largest absolute Gasteiger partial charge is 0.493 e. The number of thiophene rings is 1. The van der Waals surface area contributed by atoms with Gasteiger partial charge in [-0.05, 0) is 63.3 Å². The van der Waals surface area contributed by atoms with Gasteiger partial charge >= 0.3 is 17.8 Å². The fraction of sp³-hybridized carbons (Fsp3) is 0.364. The number of esters is 1. The lowest BCUT2D eigenvalue weighted by Gasteiger charge is -2.12. The zero-order chi connectivity index (χ0) is 23.1. The maximum absolute atomic E-state index is 12.5. The Morgan fingerprint density at radius 3 is 2.69 bits per heavy atom. The molecule has 0 atom stereocenters. The van der Waals surface area contributed by atoms with Gasteiger partial charge in [-0.25, -0.2) is 10.2 Å². The van der Waals surface area contributed by atoms with E-state index in [9.17, 15) is 14.4 Å². The van der Waals surface area contributed by atoms with Gasteiger partial charge in [0.05, 0.1) is 25.0 Å². The molecule has 2 aromatic rings. The average Bonchev–Trinajstić information content (AvgIpc) is 3.13. The van der Waals surface area contributed by atoms with Gasteiger partial charge in [0.25, 0.3) is 0 Å². The lowest BCUT2D eigenvalue weighted by Crippen LogP contribution is -2.32. The molecule has 1 heterocycles. The van der Waals surface area contributed by atoms with Crippen LogP contribution in [0.5, 0.6) is 5.75 Å². The van der Waals surface area contributed by atoms with Crippen LogP contribution in [-0.4, -0.2) is 37.2 Å². The van der Waals surface area contributed by atoms with E-state index in [1.807, 2.05) is 13.0 Å². The molecule has 1 aromatic heterocycles. The molecule has 0 fully saturated rings. The second-order valence-electron chi connectivity index (χ2n) is 6.90. The Kier molecular flexibility index (Phi) is 8.40. The molecule has 1 aliphatic rings. The van der Waals surface area contributed by atoms with Crippen molar-refractivity contribution in [3.05, 3.63) is 44.2 Å². The number of ether oxygens (including phenoxy) is 2. The molecule has 32 heavy (non-hydrogen) atoms. The van der Waals surface area contributed by atoms with Crippen LogP contribution in [0.1, 0.15) is 53.1 Å². The molecule has 170 valence electrons. The number of carbonyl (C=O) groups is 3. The number of benzene rings is 1. The van der Waals surface area contributed by atoms with Crippen LogP contribution >= 0.6 is 27.3 Å². The Bertz CT molecular complexity index is 1050. The fourth-order valence-electron chi connectivity index (χ4n) is 3.35. The van der Waals surface area contributed by atoms with E-state index in [-0.39, 0.29) is 6.61 Å². The molecule has 0 saturated carbocycles. The summed E-state index contributed by atoms with van der Waals surface area (Å²) in [4.78, 5) is 38.3. The van der Waals surface area contributed by atoms with Crippen molar-refractivity contribution in [3.63, 3.8) is 0 Å². The van der Waals surface area contributed by atoms with Crippen LogP contribution in [0.15, 0.2) is 27.8 Å².